The SMILES string of the molecule is CCCCCCCO[C@H]1C[C@H](O[Si](CC)(CC)CC)[C@@H](O[Si](CC)(CC)CC)[C@H](C)O1. The summed E-state index contributed by atoms with van der Waals surface area (Å²) in [6, 6.07) is 6.97. The standard InChI is InChI=1S/C25H54O4Si2/c1-9-16-17-18-19-20-26-24-21-23(28-30(10-2,11-3)12-4)25(22(8)27-24)29-31(13-5,14-6)15-7/h22-25H,9-21H2,1-8H3/t22-,23-,24+,25-/m0/s1. The fraction of sp³-hybridized carbons (Fsp3) is 1.00. The van der Waals surface area contributed by atoms with E-state index in [1.165, 1.54) is 43.8 Å². The van der Waals surface area contributed by atoms with Crippen molar-refractivity contribution in [3.63, 3.8) is 0 Å². The molecule has 186 valence electrons. The van der Waals surface area contributed by atoms with Crippen molar-refractivity contribution in [3.8, 4) is 0 Å². The molecule has 0 unspecified atom stereocenters. The fourth-order valence-corrected chi connectivity index (χ4v) is 10.7. The Morgan fingerprint density at radius 1 is 0.710 bits per heavy atom. The topological polar surface area (TPSA) is 36.9 Å². The molecule has 0 N–H and O–H groups in total. The van der Waals surface area contributed by atoms with Crippen molar-refractivity contribution in [2.75, 3.05) is 6.61 Å². The van der Waals surface area contributed by atoms with E-state index in [-0.39, 0.29) is 24.6 Å². The lowest BCUT2D eigenvalue weighted by atomic mass is 10.0. The van der Waals surface area contributed by atoms with E-state index in [1.807, 2.05) is 0 Å². The minimum atomic E-state index is -1.75. The van der Waals surface area contributed by atoms with E-state index in [0.717, 1.165) is 37.6 Å². The highest BCUT2D eigenvalue weighted by Crippen LogP contribution is 2.35. The molecule has 1 aliphatic heterocycles. The molecule has 6 heteroatoms. The molecule has 0 saturated carbocycles. The molecular formula is C25H54O4Si2. The van der Waals surface area contributed by atoms with Crippen molar-refractivity contribution in [2.24, 2.45) is 0 Å². The predicted octanol–water partition coefficient (Wildman–Crippen LogP) is 7.89. The van der Waals surface area contributed by atoms with E-state index in [9.17, 15) is 0 Å². The normalized spacial score (nSPS) is 25.2. The lowest BCUT2D eigenvalue weighted by Crippen LogP contribution is -2.57. The van der Waals surface area contributed by atoms with Gasteiger partial charge in [0.2, 0.25) is 0 Å². The van der Waals surface area contributed by atoms with Gasteiger partial charge < -0.3 is 18.3 Å². The Morgan fingerprint density at radius 2 is 1.23 bits per heavy atom. The van der Waals surface area contributed by atoms with E-state index in [0.29, 0.717) is 0 Å². The molecule has 1 saturated heterocycles. The van der Waals surface area contributed by atoms with Gasteiger partial charge in [0.25, 0.3) is 0 Å². The second-order valence-electron chi connectivity index (χ2n) is 9.52. The zero-order valence-corrected chi connectivity index (χ0v) is 24.1. The predicted molar refractivity (Wildman–Crippen MR) is 138 cm³/mol. The van der Waals surface area contributed by atoms with E-state index >= 15 is 0 Å². The molecule has 0 bridgehead atoms. The van der Waals surface area contributed by atoms with Crippen LogP contribution in [-0.4, -0.2) is 47.8 Å². The van der Waals surface area contributed by atoms with Gasteiger partial charge in [0.05, 0.1) is 18.3 Å². The highest BCUT2D eigenvalue weighted by atomic mass is 28.4. The Balaban J connectivity index is 2.90. The molecule has 0 spiro atoms. The highest BCUT2D eigenvalue weighted by Gasteiger charge is 2.46. The van der Waals surface area contributed by atoms with Gasteiger partial charge in [-0.25, -0.2) is 0 Å². The number of hydrogen-bond donors (Lipinski definition) is 0. The zero-order valence-electron chi connectivity index (χ0n) is 22.1. The van der Waals surface area contributed by atoms with Gasteiger partial charge in [0.15, 0.2) is 22.9 Å². The molecule has 1 rings (SSSR count). The number of ether oxygens (including phenoxy) is 2. The monoisotopic (exact) mass is 474 g/mol. The summed E-state index contributed by atoms with van der Waals surface area (Å²) in [7, 11) is -3.49. The van der Waals surface area contributed by atoms with E-state index in [4.69, 9.17) is 18.3 Å². The molecule has 4 atom stereocenters. The summed E-state index contributed by atoms with van der Waals surface area (Å²) in [6.07, 6.45) is 7.05. The van der Waals surface area contributed by atoms with Crippen LogP contribution < -0.4 is 0 Å². The van der Waals surface area contributed by atoms with Crippen molar-refractivity contribution >= 4 is 16.6 Å². The Bertz CT molecular complexity index is 438. The number of unbranched alkanes of at least 4 members (excludes halogenated alkanes) is 4. The molecule has 1 heterocycles. The van der Waals surface area contributed by atoms with Gasteiger partial charge in [0, 0.05) is 13.0 Å². The third kappa shape index (κ3) is 8.86. The van der Waals surface area contributed by atoms with Crippen LogP contribution in [0.3, 0.4) is 0 Å². The minimum absolute atomic E-state index is 0.0117. The van der Waals surface area contributed by atoms with Gasteiger partial charge in [0.1, 0.15) is 0 Å². The van der Waals surface area contributed by atoms with E-state index in [1.54, 1.807) is 0 Å². The van der Waals surface area contributed by atoms with Gasteiger partial charge in [-0.3, -0.25) is 0 Å². The molecular weight excluding hydrogens is 420 g/mol. The third-order valence-electron chi connectivity index (χ3n) is 7.83. The maximum absolute atomic E-state index is 7.05. The van der Waals surface area contributed by atoms with Crippen molar-refractivity contribution in [3.05, 3.63) is 0 Å². The second-order valence-corrected chi connectivity index (χ2v) is 19.0. The molecule has 0 aromatic rings. The smallest absolute Gasteiger partial charge is 0.192 e. The van der Waals surface area contributed by atoms with Gasteiger partial charge in [-0.05, 0) is 49.6 Å². The maximum Gasteiger partial charge on any atom is 0.192 e. The van der Waals surface area contributed by atoms with E-state index in [2.05, 4.69) is 55.4 Å². The largest absolute Gasteiger partial charge is 0.411 e. The molecule has 4 nitrogen and oxygen atoms in total. The summed E-state index contributed by atoms with van der Waals surface area (Å²) < 4.78 is 26.6. The summed E-state index contributed by atoms with van der Waals surface area (Å²) in [5.74, 6) is 0. The van der Waals surface area contributed by atoms with Crippen molar-refractivity contribution < 1.29 is 18.3 Å². The summed E-state index contributed by atoms with van der Waals surface area (Å²) >= 11 is 0. The zero-order chi connectivity index (χ0) is 23.3. The average molecular weight is 475 g/mol. The molecule has 0 aliphatic carbocycles. The molecule has 1 fully saturated rings. The molecule has 0 aromatic heterocycles. The summed E-state index contributed by atoms with van der Waals surface area (Å²) in [5.41, 5.74) is 0. The first kappa shape index (κ1) is 29.3. The summed E-state index contributed by atoms with van der Waals surface area (Å²) in [5, 5.41) is 0. The van der Waals surface area contributed by atoms with Crippen LogP contribution in [0.5, 0.6) is 0 Å². The Morgan fingerprint density at radius 3 is 1.74 bits per heavy atom. The van der Waals surface area contributed by atoms with Crippen LogP contribution in [0.2, 0.25) is 36.3 Å². The first-order valence-corrected chi connectivity index (χ1v) is 18.6. The molecule has 31 heavy (non-hydrogen) atoms. The molecule has 0 amide bonds. The van der Waals surface area contributed by atoms with Crippen molar-refractivity contribution in [2.45, 2.75) is 155 Å². The van der Waals surface area contributed by atoms with Crippen LogP contribution in [0.4, 0.5) is 0 Å². The van der Waals surface area contributed by atoms with Gasteiger partial charge in [-0.15, -0.1) is 0 Å². The van der Waals surface area contributed by atoms with Gasteiger partial charge >= 0.3 is 0 Å². The van der Waals surface area contributed by atoms with Crippen LogP contribution in [0, 0.1) is 0 Å². The average Bonchev–Trinajstić information content (AvgIpc) is 2.80. The van der Waals surface area contributed by atoms with Crippen LogP contribution in [-0.2, 0) is 18.3 Å². The van der Waals surface area contributed by atoms with Crippen molar-refractivity contribution in [1.82, 2.24) is 0 Å². The Kier molecular flexibility index (Phi) is 14.4. The first-order valence-electron chi connectivity index (χ1n) is 13.5. The second kappa shape index (κ2) is 15.2. The lowest BCUT2D eigenvalue weighted by molar-refractivity contribution is -0.240. The van der Waals surface area contributed by atoms with Crippen LogP contribution in [0.15, 0.2) is 0 Å². The summed E-state index contributed by atoms with van der Waals surface area (Å²) in [4.78, 5) is 0. The van der Waals surface area contributed by atoms with Gasteiger partial charge in [-0.2, -0.15) is 0 Å². The quantitative estimate of drug-likeness (QED) is 0.159. The third-order valence-corrected chi connectivity index (χ3v) is 17.1. The highest BCUT2D eigenvalue weighted by molar-refractivity contribution is 6.74. The number of rotatable bonds is 17. The van der Waals surface area contributed by atoms with Gasteiger partial charge in [-0.1, -0.05) is 74.1 Å². The van der Waals surface area contributed by atoms with E-state index < -0.39 is 16.6 Å². The fourth-order valence-electron chi connectivity index (χ4n) is 4.92. The van der Waals surface area contributed by atoms with Crippen molar-refractivity contribution in [1.29, 1.82) is 0 Å². The minimum Gasteiger partial charge on any atom is -0.411 e. The Hall–Kier alpha value is 0.274. The van der Waals surface area contributed by atoms with Crippen LogP contribution >= 0.6 is 0 Å². The first-order chi connectivity index (χ1) is 14.9. The Labute approximate surface area is 196 Å². The molecule has 1 aliphatic rings. The maximum atomic E-state index is 7.05. The lowest BCUT2D eigenvalue weighted by Gasteiger charge is -2.47. The van der Waals surface area contributed by atoms with Crippen LogP contribution in [0.25, 0.3) is 0 Å². The summed E-state index contributed by atoms with van der Waals surface area (Å²) in [6.45, 7) is 19.1. The molecule has 0 radical (unpaired) electrons. The molecule has 0 aromatic carbocycles. The van der Waals surface area contributed by atoms with Crippen LogP contribution in [0.1, 0.15) is 93.9 Å². The number of hydrogen-bond acceptors (Lipinski definition) is 4.